The van der Waals surface area contributed by atoms with Crippen LogP contribution in [0.3, 0.4) is 0 Å². The summed E-state index contributed by atoms with van der Waals surface area (Å²) in [6, 6.07) is 2.06. The maximum atomic E-state index is 5.04. The molecule has 0 amide bonds. The molecule has 2 aromatic rings. The average molecular weight is 280 g/mol. The Labute approximate surface area is 117 Å². The van der Waals surface area contributed by atoms with Crippen LogP contribution in [0.15, 0.2) is 11.4 Å². The lowest BCUT2D eigenvalue weighted by molar-refractivity contribution is 0.192. The van der Waals surface area contributed by atoms with Gasteiger partial charge in [0, 0.05) is 27.3 Å². The topological polar surface area (TPSA) is 59.1 Å². The van der Waals surface area contributed by atoms with E-state index in [0.717, 1.165) is 48.4 Å². The summed E-state index contributed by atoms with van der Waals surface area (Å²) in [6.45, 7) is 1.76. The molecular weight excluding hydrogens is 260 g/mol. The fourth-order valence-corrected chi connectivity index (χ4v) is 2.62. The normalized spacial score (nSPS) is 10.8. The number of rotatable bonds is 8. The van der Waals surface area contributed by atoms with Crippen LogP contribution in [0.5, 0.6) is 0 Å². The van der Waals surface area contributed by atoms with Gasteiger partial charge in [-0.15, -0.1) is 11.3 Å². The van der Waals surface area contributed by atoms with E-state index in [1.54, 1.807) is 18.4 Å². The van der Waals surface area contributed by atoms with Crippen LogP contribution in [0.4, 0.5) is 11.8 Å². The highest BCUT2D eigenvalue weighted by Crippen LogP contribution is 2.26. The lowest BCUT2D eigenvalue weighted by Crippen LogP contribution is -2.06. The maximum Gasteiger partial charge on any atom is 0.225 e. The monoisotopic (exact) mass is 280 g/mol. The van der Waals surface area contributed by atoms with E-state index >= 15 is 0 Å². The van der Waals surface area contributed by atoms with Gasteiger partial charge < -0.3 is 15.4 Å². The summed E-state index contributed by atoms with van der Waals surface area (Å²) < 4.78 is 5.04. The molecular formula is C13H20N4OS. The summed E-state index contributed by atoms with van der Waals surface area (Å²) in [6.07, 6.45) is 3.39. The van der Waals surface area contributed by atoms with Gasteiger partial charge in [0.2, 0.25) is 5.95 Å². The van der Waals surface area contributed by atoms with Crippen molar-refractivity contribution in [3.05, 3.63) is 11.4 Å². The van der Waals surface area contributed by atoms with Crippen molar-refractivity contribution in [3.63, 3.8) is 0 Å². The number of anilines is 2. The lowest BCUT2D eigenvalue weighted by atomic mass is 10.2. The molecule has 0 saturated heterocycles. The Morgan fingerprint density at radius 3 is 2.95 bits per heavy atom. The molecule has 0 aliphatic carbocycles. The Kier molecular flexibility index (Phi) is 5.35. The van der Waals surface area contributed by atoms with Gasteiger partial charge in [0.1, 0.15) is 10.6 Å². The number of nitrogens with one attached hydrogen (secondary N) is 2. The Bertz CT molecular complexity index is 514. The molecule has 2 aromatic heterocycles. The van der Waals surface area contributed by atoms with Gasteiger partial charge in [0.05, 0.1) is 5.39 Å². The predicted octanol–water partition coefficient (Wildman–Crippen LogP) is 2.96. The zero-order valence-corrected chi connectivity index (χ0v) is 12.2. The van der Waals surface area contributed by atoms with Crippen molar-refractivity contribution in [1.82, 2.24) is 9.97 Å². The summed E-state index contributed by atoms with van der Waals surface area (Å²) in [5, 5.41) is 9.54. The Morgan fingerprint density at radius 2 is 2.16 bits per heavy atom. The number of ether oxygens (including phenoxy) is 1. The second-order valence-corrected chi connectivity index (χ2v) is 5.16. The minimum absolute atomic E-state index is 0.664. The summed E-state index contributed by atoms with van der Waals surface area (Å²) in [7, 11) is 3.58. The zero-order valence-electron chi connectivity index (χ0n) is 11.4. The summed E-state index contributed by atoms with van der Waals surface area (Å²) >= 11 is 1.63. The van der Waals surface area contributed by atoms with Crippen LogP contribution in [-0.4, -0.2) is 37.3 Å². The Hall–Kier alpha value is -1.40. The van der Waals surface area contributed by atoms with Gasteiger partial charge in [-0.05, 0) is 30.7 Å². The average Bonchev–Trinajstić information content (AvgIpc) is 2.90. The van der Waals surface area contributed by atoms with Crippen molar-refractivity contribution in [2.45, 2.75) is 19.3 Å². The molecule has 2 N–H and O–H groups in total. The van der Waals surface area contributed by atoms with Crippen LogP contribution < -0.4 is 10.6 Å². The van der Waals surface area contributed by atoms with Crippen LogP contribution >= 0.6 is 11.3 Å². The number of nitrogens with zero attached hydrogens (tertiary/aromatic N) is 2. The van der Waals surface area contributed by atoms with E-state index in [4.69, 9.17) is 4.74 Å². The standard InChI is InChI=1S/C13H20N4OS/c1-14-13-16-11(10-6-9-19-12(10)17-13)15-7-4-3-5-8-18-2/h6,9H,3-5,7-8H2,1-2H3,(H2,14,15,16,17). The quantitative estimate of drug-likeness (QED) is 0.728. The summed E-state index contributed by atoms with van der Waals surface area (Å²) in [4.78, 5) is 9.91. The lowest BCUT2D eigenvalue weighted by Gasteiger charge is -2.08. The van der Waals surface area contributed by atoms with Gasteiger partial charge in [-0.25, -0.2) is 4.98 Å². The Balaban J connectivity index is 1.93. The summed E-state index contributed by atoms with van der Waals surface area (Å²) in [5.41, 5.74) is 0. The molecule has 0 bridgehead atoms. The molecule has 6 heteroatoms. The number of fused-ring (bicyclic) bond motifs is 1. The molecule has 0 atom stereocenters. The molecule has 0 saturated carbocycles. The van der Waals surface area contributed by atoms with Crippen LogP contribution in [0.1, 0.15) is 19.3 Å². The van der Waals surface area contributed by atoms with Crippen LogP contribution in [0.2, 0.25) is 0 Å². The third-order valence-corrected chi connectivity index (χ3v) is 3.67. The molecule has 0 unspecified atom stereocenters. The number of methoxy groups -OCH3 is 1. The fraction of sp³-hybridized carbons (Fsp3) is 0.538. The fourth-order valence-electron chi connectivity index (χ4n) is 1.86. The number of unbranched alkanes of at least 4 members (excludes halogenated alkanes) is 2. The van der Waals surface area contributed by atoms with E-state index in [1.807, 2.05) is 12.4 Å². The predicted molar refractivity (Wildman–Crippen MR) is 81.2 cm³/mol. The first-order valence-electron chi connectivity index (χ1n) is 6.51. The van der Waals surface area contributed by atoms with Gasteiger partial charge in [0.15, 0.2) is 0 Å². The third-order valence-electron chi connectivity index (χ3n) is 2.87. The van der Waals surface area contributed by atoms with Gasteiger partial charge >= 0.3 is 0 Å². The minimum Gasteiger partial charge on any atom is -0.385 e. The highest BCUT2D eigenvalue weighted by molar-refractivity contribution is 7.16. The highest BCUT2D eigenvalue weighted by Gasteiger charge is 2.07. The Morgan fingerprint density at radius 1 is 1.26 bits per heavy atom. The van der Waals surface area contributed by atoms with Crippen molar-refractivity contribution in [1.29, 1.82) is 0 Å². The van der Waals surface area contributed by atoms with E-state index < -0.39 is 0 Å². The van der Waals surface area contributed by atoms with Crippen molar-refractivity contribution < 1.29 is 4.74 Å². The van der Waals surface area contributed by atoms with E-state index in [-0.39, 0.29) is 0 Å². The number of thiophene rings is 1. The highest BCUT2D eigenvalue weighted by atomic mass is 32.1. The second kappa shape index (κ2) is 7.25. The molecule has 0 radical (unpaired) electrons. The molecule has 104 valence electrons. The van der Waals surface area contributed by atoms with Gasteiger partial charge in [-0.3, -0.25) is 0 Å². The van der Waals surface area contributed by atoms with Crippen molar-refractivity contribution in [3.8, 4) is 0 Å². The van der Waals surface area contributed by atoms with Crippen molar-refractivity contribution in [2.75, 3.05) is 37.9 Å². The van der Waals surface area contributed by atoms with E-state index in [2.05, 4.69) is 26.7 Å². The van der Waals surface area contributed by atoms with Gasteiger partial charge in [-0.1, -0.05) is 0 Å². The molecule has 5 nitrogen and oxygen atoms in total. The second-order valence-electron chi connectivity index (χ2n) is 4.27. The first-order valence-corrected chi connectivity index (χ1v) is 7.39. The van der Waals surface area contributed by atoms with Crippen molar-refractivity contribution >= 4 is 33.3 Å². The van der Waals surface area contributed by atoms with Crippen molar-refractivity contribution in [2.24, 2.45) is 0 Å². The van der Waals surface area contributed by atoms with Gasteiger partial charge in [0.25, 0.3) is 0 Å². The molecule has 0 aliphatic rings. The number of hydrogen-bond donors (Lipinski definition) is 2. The molecule has 0 aliphatic heterocycles. The first kappa shape index (κ1) is 14.0. The zero-order chi connectivity index (χ0) is 13.5. The summed E-state index contributed by atoms with van der Waals surface area (Å²) in [5.74, 6) is 1.58. The largest absolute Gasteiger partial charge is 0.385 e. The molecule has 0 fully saturated rings. The molecule has 2 heterocycles. The van der Waals surface area contributed by atoms with Crippen LogP contribution in [0.25, 0.3) is 10.2 Å². The van der Waals surface area contributed by atoms with E-state index in [9.17, 15) is 0 Å². The SMILES string of the molecule is CNc1nc(NCCCCCOC)c2ccsc2n1. The van der Waals surface area contributed by atoms with E-state index in [0.29, 0.717) is 5.95 Å². The number of hydrogen-bond acceptors (Lipinski definition) is 6. The molecule has 0 aromatic carbocycles. The maximum absolute atomic E-state index is 5.04. The smallest absolute Gasteiger partial charge is 0.225 e. The third kappa shape index (κ3) is 3.78. The van der Waals surface area contributed by atoms with Crippen LogP contribution in [-0.2, 0) is 4.74 Å². The van der Waals surface area contributed by atoms with Gasteiger partial charge in [-0.2, -0.15) is 4.98 Å². The van der Waals surface area contributed by atoms with E-state index in [1.165, 1.54) is 0 Å². The molecule has 0 spiro atoms. The van der Waals surface area contributed by atoms with Crippen LogP contribution in [0, 0.1) is 0 Å². The number of aromatic nitrogens is 2. The minimum atomic E-state index is 0.664. The molecule has 19 heavy (non-hydrogen) atoms. The molecule has 2 rings (SSSR count). The first-order chi connectivity index (χ1) is 9.35.